The van der Waals surface area contributed by atoms with Crippen molar-refractivity contribution in [2.24, 2.45) is 11.8 Å². The molecular weight excluding hydrogens is 526 g/mol. The molecule has 0 unspecified atom stereocenters. The fourth-order valence-corrected chi connectivity index (χ4v) is 15.3. The van der Waals surface area contributed by atoms with Gasteiger partial charge in [0.05, 0.1) is 6.04 Å². The van der Waals surface area contributed by atoms with E-state index < -0.39 is 26.1 Å². The monoisotopic (exact) mass is 581 g/mol. The highest BCUT2D eigenvalue weighted by Crippen LogP contribution is 2.49. The molecule has 1 aromatic carbocycles. The SMILES string of the molecule is CCC(=O)[C@@H](C)[C@@H]1CC(=O)C([Si](C(C)C)(C(C)C)C(C)C)=CN1C(=O)O[C@H]1CCCC[C@@H]1C(C)(C)c1ccccc1. The molecule has 1 heterocycles. The van der Waals surface area contributed by atoms with Crippen LogP contribution >= 0.6 is 0 Å². The molecule has 5 nitrogen and oxygen atoms in total. The molecular formula is C35H55NO4Si. The largest absolute Gasteiger partial charge is 0.446 e. The number of nitrogens with zero attached hydrogens (tertiary/aromatic N) is 1. The molecule has 1 saturated carbocycles. The number of hydrogen-bond donors (Lipinski definition) is 0. The van der Waals surface area contributed by atoms with Crippen molar-refractivity contribution in [3.05, 3.63) is 47.3 Å². The third-order valence-electron chi connectivity index (χ3n) is 10.7. The molecule has 41 heavy (non-hydrogen) atoms. The average Bonchev–Trinajstić information content (AvgIpc) is 2.93. The maximum absolute atomic E-state index is 14.2. The number of amides is 1. The molecule has 0 spiro atoms. The molecule has 2 aliphatic rings. The van der Waals surface area contributed by atoms with Gasteiger partial charge >= 0.3 is 6.09 Å². The molecule has 3 rings (SSSR count). The van der Waals surface area contributed by atoms with E-state index in [9.17, 15) is 14.4 Å². The van der Waals surface area contributed by atoms with Gasteiger partial charge in [0.15, 0.2) is 5.78 Å². The van der Waals surface area contributed by atoms with E-state index in [0.717, 1.165) is 30.9 Å². The molecule has 1 amide bonds. The lowest BCUT2D eigenvalue weighted by Gasteiger charge is -2.48. The summed E-state index contributed by atoms with van der Waals surface area (Å²) in [5.74, 6) is -0.0804. The Balaban J connectivity index is 2.06. The number of Topliss-reactive ketones (excluding diaryl/α,β-unsaturated/α-hetero) is 2. The van der Waals surface area contributed by atoms with Gasteiger partial charge in [-0.2, -0.15) is 0 Å². The molecule has 0 N–H and O–H groups in total. The summed E-state index contributed by atoms with van der Waals surface area (Å²) in [6.07, 6.45) is 5.75. The van der Waals surface area contributed by atoms with Crippen LogP contribution in [0.25, 0.3) is 0 Å². The quantitative estimate of drug-likeness (QED) is 0.259. The molecule has 228 valence electrons. The fourth-order valence-electron chi connectivity index (χ4n) is 8.47. The van der Waals surface area contributed by atoms with Crippen molar-refractivity contribution in [1.82, 2.24) is 4.90 Å². The summed E-state index contributed by atoms with van der Waals surface area (Å²) in [6.45, 7) is 21.6. The van der Waals surface area contributed by atoms with E-state index in [1.54, 1.807) is 4.90 Å². The van der Waals surface area contributed by atoms with Gasteiger partial charge in [-0.25, -0.2) is 4.79 Å². The van der Waals surface area contributed by atoms with Crippen molar-refractivity contribution < 1.29 is 19.1 Å². The van der Waals surface area contributed by atoms with Crippen molar-refractivity contribution >= 4 is 25.7 Å². The second kappa shape index (κ2) is 13.4. The van der Waals surface area contributed by atoms with Crippen molar-refractivity contribution in [3.8, 4) is 0 Å². The highest BCUT2D eigenvalue weighted by atomic mass is 28.3. The summed E-state index contributed by atoms with van der Waals surface area (Å²) in [5, 5.41) is 0.839. The highest BCUT2D eigenvalue weighted by Gasteiger charge is 2.52. The van der Waals surface area contributed by atoms with Gasteiger partial charge in [-0.15, -0.1) is 0 Å². The van der Waals surface area contributed by atoms with E-state index in [-0.39, 0.29) is 35.4 Å². The Morgan fingerprint density at radius 3 is 2.05 bits per heavy atom. The van der Waals surface area contributed by atoms with Crippen LogP contribution in [0.2, 0.25) is 16.6 Å². The number of ketones is 2. The van der Waals surface area contributed by atoms with Crippen LogP contribution in [-0.2, 0) is 19.7 Å². The Morgan fingerprint density at radius 1 is 0.951 bits per heavy atom. The van der Waals surface area contributed by atoms with Gasteiger partial charge in [-0.1, -0.05) is 106 Å². The van der Waals surface area contributed by atoms with Crippen LogP contribution in [0.3, 0.4) is 0 Å². The zero-order valence-electron chi connectivity index (χ0n) is 27.3. The lowest BCUT2D eigenvalue weighted by atomic mass is 9.66. The first-order chi connectivity index (χ1) is 19.2. The van der Waals surface area contributed by atoms with E-state index in [1.165, 1.54) is 5.56 Å². The van der Waals surface area contributed by atoms with E-state index in [1.807, 2.05) is 26.1 Å². The molecule has 1 aliphatic heterocycles. The summed E-state index contributed by atoms with van der Waals surface area (Å²) < 4.78 is 6.46. The summed E-state index contributed by atoms with van der Waals surface area (Å²) >= 11 is 0. The minimum absolute atomic E-state index is 0.0679. The van der Waals surface area contributed by atoms with Gasteiger partial charge < -0.3 is 4.74 Å². The Kier molecular flexibility index (Phi) is 10.9. The normalized spacial score (nSPS) is 23.1. The molecule has 1 aliphatic carbocycles. The second-order valence-electron chi connectivity index (χ2n) is 14.1. The third kappa shape index (κ3) is 6.43. The maximum Gasteiger partial charge on any atom is 0.414 e. The van der Waals surface area contributed by atoms with Crippen LogP contribution in [-0.4, -0.2) is 42.8 Å². The summed E-state index contributed by atoms with van der Waals surface area (Å²) in [4.78, 5) is 42.8. The van der Waals surface area contributed by atoms with Crippen molar-refractivity contribution in [2.45, 2.75) is 142 Å². The summed E-state index contributed by atoms with van der Waals surface area (Å²) in [5.41, 5.74) is 2.08. The molecule has 4 atom stereocenters. The molecule has 1 aromatic rings. The van der Waals surface area contributed by atoms with Crippen molar-refractivity contribution in [3.63, 3.8) is 0 Å². The van der Waals surface area contributed by atoms with E-state index >= 15 is 0 Å². The van der Waals surface area contributed by atoms with E-state index in [4.69, 9.17) is 4.74 Å². The number of ether oxygens (including phenoxy) is 1. The molecule has 0 bridgehead atoms. The predicted molar refractivity (Wildman–Crippen MR) is 171 cm³/mol. The third-order valence-corrected chi connectivity index (χ3v) is 17.8. The van der Waals surface area contributed by atoms with Gasteiger partial charge in [0.25, 0.3) is 0 Å². The van der Waals surface area contributed by atoms with Crippen LogP contribution in [0.15, 0.2) is 41.7 Å². The van der Waals surface area contributed by atoms with Crippen LogP contribution in [0.4, 0.5) is 4.79 Å². The molecule has 0 radical (unpaired) electrons. The van der Waals surface area contributed by atoms with Crippen molar-refractivity contribution in [1.29, 1.82) is 0 Å². The predicted octanol–water partition coefficient (Wildman–Crippen LogP) is 9.02. The number of hydrogen-bond acceptors (Lipinski definition) is 4. The molecule has 0 saturated heterocycles. The molecule has 6 heteroatoms. The number of allylic oxidation sites excluding steroid dienone is 1. The Labute approximate surface area is 250 Å². The summed E-state index contributed by atoms with van der Waals surface area (Å²) in [6, 6.07) is 9.99. The summed E-state index contributed by atoms with van der Waals surface area (Å²) in [7, 11) is -2.34. The maximum atomic E-state index is 14.2. The number of carbonyl (C=O) groups is 3. The second-order valence-corrected chi connectivity index (χ2v) is 19.9. The first kappa shape index (κ1) is 33.3. The fraction of sp³-hybridized carbons (Fsp3) is 0.686. The highest BCUT2D eigenvalue weighted by molar-refractivity contribution is 6.93. The molecule has 0 aromatic heterocycles. The number of benzene rings is 1. The smallest absolute Gasteiger partial charge is 0.414 e. The van der Waals surface area contributed by atoms with Crippen molar-refractivity contribution in [2.75, 3.05) is 0 Å². The topological polar surface area (TPSA) is 63.7 Å². The first-order valence-corrected chi connectivity index (χ1v) is 18.3. The Hall–Kier alpha value is -2.21. The lowest BCUT2D eigenvalue weighted by Crippen LogP contribution is -2.55. The zero-order valence-corrected chi connectivity index (χ0v) is 28.3. The van der Waals surface area contributed by atoms with E-state index in [2.05, 4.69) is 79.7 Å². The first-order valence-electron chi connectivity index (χ1n) is 16.0. The van der Waals surface area contributed by atoms with Crippen LogP contribution in [0, 0.1) is 11.8 Å². The van der Waals surface area contributed by atoms with Crippen LogP contribution in [0.5, 0.6) is 0 Å². The van der Waals surface area contributed by atoms with Crippen LogP contribution < -0.4 is 0 Å². The van der Waals surface area contributed by atoms with Gasteiger partial charge in [-0.3, -0.25) is 14.5 Å². The minimum atomic E-state index is -2.34. The Morgan fingerprint density at radius 2 is 1.51 bits per heavy atom. The van der Waals surface area contributed by atoms with Gasteiger partial charge in [-0.05, 0) is 52.1 Å². The lowest BCUT2D eigenvalue weighted by molar-refractivity contribution is -0.125. The van der Waals surface area contributed by atoms with Gasteiger partial charge in [0, 0.05) is 30.9 Å². The number of carbonyl (C=O) groups excluding carboxylic acids is 3. The van der Waals surface area contributed by atoms with E-state index in [0.29, 0.717) is 23.0 Å². The Bertz CT molecular complexity index is 1080. The average molecular weight is 582 g/mol. The standard InChI is InChI=1S/C35H55NO4Si/c1-11-30(37)26(8)29-21-31(38)33(41(23(2)3,24(4)5)25(6)7)22-36(29)34(39)40-32-20-16-15-19-28(32)35(9,10)27-17-13-12-14-18-27/h12-14,17-18,22-26,28-29,32H,11,15-16,19-21H2,1-10H3/t26-,28-,29-,32-/m0/s1. The van der Waals surface area contributed by atoms with Gasteiger partial charge in [0.2, 0.25) is 0 Å². The van der Waals surface area contributed by atoms with Crippen LogP contribution in [0.1, 0.15) is 113 Å². The number of rotatable bonds is 10. The minimum Gasteiger partial charge on any atom is -0.446 e. The van der Waals surface area contributed by atoms with Gasteiger partial charge in [0.1, 0.15) is 20.0 Å². The zero-order chi connectivity index (χ0) is 30.7. The molecule has 1 fully saturated rings.